The van der Waals surface area contributed by atoms with Crippen LogP contribution >= 0.6 is 11.8 Å². The van der Waals surface area contributed by atoms with E-state index in [9.17, 15) is 9.90 Å². The molecule has 0 amide bonds. The molecule has 1 atom stereocenters. The van der Waals surface area contributed by atoms with Gasteiger partial charge in [0.05, 0.1) is 0 Å². The number of nitrogens with one attached hydrogen (secondary N) is 1. The van der Waals surface area contributed by atoms with Gasteiger partial charge in [0.2, 0.25) is 0 Å². The number of hydrogen-bond acceptors (Lipinski definition) is 5. The molecule has 0 saturated heterocycles. The van der Waals surface area contributed by atoms with Crippen molar-refractivity contribution in [3.05, 3.63) is 18.0 Å². The van der Waals surface area contributed by atoms with Gasteiger partial charge in [-0.2, -0.15) is 0 Å². The third kappa shape index (κ3) is 6.44. The topological polar surface area (TPSA) is 75.1 Å². The fourth-order valence-electron chi connectivity index (χ4n) is 2.08. The molecule has 1 unspecified atom stereocenters. The lowest BCUT2D eigenvalue weighted by Gasteiger charge is -2.28. The van der Waals surface area contributed by atoms with E-state index in [1.807, 2.05) is 33.2 Å². The molecule has 0 spiro atoms. The zero-order valence-electron chi connectivity index (χ0n) is 13.2. The summed E-state index contributed by atoms with van der Waals surface area (Å²) in [6.45, 7) is 7.64. The number of aryl methyl sites for hydroxylation is 1. The quantitative estimate of drug-likeness (QED) is 0.415. The Kier molecular flexibility index (Phi) is 7.11. The predicted octanol–water partition coefficient (Wildman–Crippen LogP) is 2.89. The summed E-state index contributed by atoms with van der Waals surface area (Å²) in [4.78, 5) is 19.9. The van der Waals surface area contributed by atoms with Gasteiger partial charge in [-0.25, -0.2) is 9.97 Å². The lowest BCUT2D eigenvalue weighted by atomic mass is 9.94. The van der Waals surface area contributed by atoms with Crippen LogP contribution in [0.1, 0.15) is 45.6 Å². The molecule has 0 fully saturated rings. The fraction of sp³-hybridized carbons (Fsp3) is 0.667. The van der Waals surface area contributed by atoms with Crippen LogP contribution in [0.5, 0.6) is 0 Å². The van der Waals surface area contributed by atoms with E-state index in [2.05, 4.69) is 15.3 Å². The van der Waals surface area contributed by atoms with Crippen molar-refractivity contribution in [3.63, 3.8) is 0 Å². The van der Waals surface area contributed by atoms with Crippen LogP contribution in [0.3, 0.4) is 0 Å². The van der Waals surface area contributed by atoms with Gasteiger partial charge < -0.3 is 5.11 Å². The monoisotopic (exact) mass is 311 g/mol. The summed E-state index contributed by atoms with van der Waals surface area (Å²) in [7, 11) is 0. The Balaban J connectivity index is 2.31. The van der Waals surface area contributed by atoms with Gasteiger partial charge >= 0.3 is 5.97 Å². The molecule has 1 rings (SSSR count). The van der Waals surface area contributed by atoms with Crippen LogP contribution in [-0.4, -0.2) is 38.4 Å². The number of hydrogen-bond donors (Lipinski definition) is 2. The average Bonchev–Trinajstić information content (AvgIpc) is 2.39. The molecule has 0 aliphatic heterocycles. The molecule has 1 heterocycles. The molecule has 6 heteroatoms. The Labute approximate surface area is 131 Å². The molecule has 0 radical (unpaired) electrons. The lowest BCUT2D eigenvalue weighted by Crippen LogP contribution is -2.52. The highest BCUT2D eigenvalue weighted by Gasteiger charge is 2.32. The van der Waals surface area contributed by atoms with Gasteiger partial charge in [-0.15, -0.1) is 0 Å². The molecule has 0 aliphatic rings. The Morgan fingerprint density at radius 3 is 2.52 bits per heavy atom. The Bertz CT molecular complexity index is 451. The number of nitrogens with zero attached hydrogens (tertiary/aromatic N) is 2. The number of carboxylic acids is 1. The van der Waals surface area contributed by atoms with E-state index in [-0.39, 0.29) is 6.04 Å². The Hall–Kier alpha value is -1.14. The van der Waals surface area contributed by atoms with Gasteiger partial charge in [0.1, 0.15) is 5.54 Å². The molecule has 1 aromatic rings. The summed E-state index contributed by atoms with van der Waals surface area (Å²) in [6.07, 6.45) is 6.05. The van der Waals surface area contributed by atoms with Crippen LogP contribution < -0.4 is 5.32 Å². The molecule has 1 aromatic heterocycles. The van der Waals surface area contributed by atoms with E-state index >= 15 is 0 Å². The maximum atomic E-state index is 11.4. The van der Waals surface area contributed by atoms with Gasteiger partial charge in [0.15, 0.2) is 5.16 Å². The first-order chi connectivity index (χ1) is 9.83. The average molecular weight is 311 g/mol. The highest BCUT2D eigenvalue weighted by atomic mass is 32.2. The van der Waals surface area contributed by atoms with Crippen LogP contribution in [0.4, 0.5) is 0 Å². The zero-order chi connectivity index (χ0) is 15.9. The van der Waals surface area contributed by atoms with Crippen molar-refractivity contribution in [1.29, 1.82) is 0 Å². The summed E-state index contributed by atoms with van der Waals surface area (Å²) < 4.78 is 0. The minimum atomic E-state index is -0.848. The van der Waals surface area contributed by atoms with Gasteiger partial charge in [0, 0.05) is 24.2 Å². The third-order valence-electron chi connectivity index (χ3n) is 3.14. The first-order valence-corrected chi connectivity index (χ1v) is 8.24. The first kappa shape index (κ1) is 17.9. The number of thioether (sulfide) groups is 1. The van der Waals surface area contributed by atoms with Crippen molar-refractivity contribution in [3.8, 4) is 0 Å². The molecule has 2 N–H and O–H groups in total. The highest BCUT2D eigenvalue weighted by molar-refractivity contribution is 7.99. The molecule has 0 aromatic carbocycles. The number of aliphatic carboxylic acids is 1. The second kappa shape index (κ2) is 8.34. The SMILES string of the molecule is Cc1cnc(SCCCCC(C)(NC(C)C)C(=O)O)nc1. The highest BCUT2D eigenvalue weighted by Crippen LogP contribution is 2.19. The smallest absolute Gasteiger partial charge is 0.323 e. The molecular formula is C15H25N3O2S. The summed E-state index contributed by atoms with van der Waals surface area (Å²) in [6, 6.07) is 0.154. The Morgan fingerprint density at radius 2 is 2.00 bits per heavy atom. The van der Waals surface area contributed by atoms with Crippen LogP contribution in [0.15, 0.2) is 17.6 Å². The van der Waals surface area contributed by atoms with Crippen molar-refractivity contribution in [2.45, 2.75) is 63.7 Å². The zero-order valence-corrected chi connectivity index (χ0v) is 14.0. The summed E-state index contributed by atoms with van der Waals surface area (Å²) in [5.41, 5.74) is 0.204. The van der Waals surface area contributed by atoms with Crippen molar-refractivity contribution < 1.29 is 9.90 Å². The second-order valence-electron chi connectivity index (χ2n) is 5.78. The molecule has 0 aliphatic carbocycles. The van der Waals surface area contributed by atoms with Crippen molar-refractivity contribution in [2.24, 2.45) is 0 Å². The van der Waals surface area contributed by atoms with E-state index in [0.29, 0.717) is 6.42 Å². The number of aromatic nitrogens is 2. The molecule has 21 heavy (non-hydrogen) atoms. The number of rotatable bonds is 9. The maximum Gasteiger partial charge on any atom is 0.323 e. The van der Waals surface area contributed by atoms with Crippen LogP contribution in [0, 0.1) is 6.92 Å². The van der Waals surface area contributed by atoms with E-state index in [1.165, 1.54) is 0 Å². The minimum Gasteiger partial charge on any atom is -0.480 e. The van der Waals surface area contributed by atoms with Crippen LogP contribution in [0.2, 0.25) is 0 Å². The largest absolute Gasteiger partial charge is 0.480 e. The van der Waals surface area contributed by atoms with E-state index in [4.69, 9.17) is 0 Å². The third-order valence-corrected chi connectivity index (χ3v) is 4.10. The minimum absolute atomic E-state index is 0.154. The molecule has 0 saturated carbocycles. The van der Waals surface area contributed by atoms with Crippen LogP contribution in [-0.2, 0) is 4.79 Å². The van der Waals surface area contributed by atoms with Crippen molar-refractivity contribution >= 4 is 17.7 Å². The summed E-state index contributed by atoms with van der Waals surface area (Å²) >= 11 is 1.61. The number of carbonyl (C=O) groups is 1. The second-order valence-corrected chi connectivity index (χ2v) is 6.85. The van der Waals surface area contributed by atoms with E-state index in [1.54, 1.807) is 18.7 Å². The molecule has 0 bridgehead atoms. The summed E-state index contributed by atoms with van der Waals surface area (Å²) in [5, 5.41) is 13.3. The first-order valence-electron chi connectivity index (χ1n) is 7.26. The van der Waals surface area contributed by atoms with E-state index < -0.39 is 11.5 Å². The van der Waals surface area contributed by atoms with Crippen LogP contribution in [0.25, 0.3) is 0 Å². The van der Waals surface area contributed by atoms with E-state index in [0.717, 1.165) is 29.3 Å². The Morgan fingerprint density at radius 1 is 1.38 bits per heavy atom. The van der Waals surface area contributed by atoms with Gasteiger partial charge in [-0.3, -0.25) is 10.1 Å². The maximum absolute atomic E-state index is 11.4. The molecule has 118 valence electrons. The van der Waals surface area contributed by atoms with Gasteiger partial charge in [-0.1, -0.05) is 18.2 Å². The van der Waals surface area contributed by atoms with Gasteiger partial charge in [0.25, 0.3) is 0 Å². The van der Waals surface area contributed by atoms with Gasteiger partial charge in [-0.05, 0) is 46.1 Å². The predicted molar refractivity (Wildman–Crippen MR) is 85.7 cm³/mol. The molecular weight excluding hydrogens is 286 g/mol. The molecule has 5 nitrogen and oxygen atoms in total. The lowest BCUT2D eigenvalue weighted by molar-refractivity contribution is -0.144. The van der Waals surface area contributed by atoms with Crippen molar-refractivity contribution in [2.75, 3.05) is 5.75 Å². The normalized spacial score (nSPS) is 14.1. The standard InChI is InChI=1S/C15H25N3O2S/c1-11(2)18-15(4,13(19)20)7-5-6-8-21-14-16-9-12(3)10-17-14/h9-11,18H,5-8H2,1-4H3,(H,19,20). The fourth-order valence-corrected chi connectivity index (χ4v) is 2.86. The summed E-state index contributed by atoms with van der Waals surface area (Å²) in [5.74, 6) is 0.117. The number of unbranched alkanes of at least 4 members (excludes halogenated alkanes) is 1. The number of carboxylic acid groups (broad SMARTS) is 1. The van der Waals surface area contributed by atoms with Crippen molar-refractivity contribution in [1.82, 2.24) is 15.3 Å².